The number of carbonyl (C=O) groups is 1. The Morgan fingerprint density at radius 3 is 2.26 bits per heavy atom. The molecule has 1 saturated heterocycles. The third-order valence-electron chi connectivity index (χ3n) is 5.12. The predicted octanol–water partition coefficient (Wildman–Crippen LogP) is 3.50. The topological polar surface area (TPSA) is 57.7 Å². The molecule has 1 fully saturated rings. The Morgan fingerprint density at radius 1 is 1.00 bits per heavy atom. The zero-order valence-electron chi connectivity index (χ0n) is 16.7. The van der Waals surface area contributed by atoms with Crippen molar-refractivity contribution in [1.82, 2.24) is 9.21 Å². The molecule has 0 aromatic heterocycles. The molecule has 27 heavy (non-hydrogen) atoms. The van der Waals surface area contributed by atoms with Crippen molar-refractivity contribution in [3.05, 3.63) is 42.5 Å². The molecular formula is C21H28N2O3S. The van der Waals surface area contributed by atoms with E-state index in [0.29, 0.717) is 18.0 Å². The number of nitrogens with zero attached hydrogens (tertiary/aromatic N) is 2. The summed E-state index contributed by atoms with van der Waals surface area (Å²) >= 11 is 0. The van der Waals surface area contributed by atoms with E-state index in [1.165, 1.54) is 4.31 Å². The Labute approximate surface area is 162 Å². The van der Waals surface area contributed by atoms with Crippen LogP contribution in [-0.4, -0.2) is 48.7 Å². The van der Waals surface area contributed by atoms with Crippen LogP contribution < -0.4 is 0 Å². The molecule has 146 valence electrons. The lowest BCUT2D eigenvalue weighted by atomic mass is 9.90. The molecule has 3 rings (SSSR count). The fourth-order valence-electron chi connectivity index (χ4n) is 3.66. The summed E-state index contributed by atoms with van der Waals surface area (Å²) in [7, 11) is -3.65. The SMILES string of the molecule is CC(C)(C)C(=O)N1CCN(S(=O)(=O)c2cccc3ccccc23)CC1(C)C. The molecule has 2 aromatic rings. The number of hydrogen-bond donors (Lipinski definition) is 0. The molecule has 0 spiro atoms. The van der Waals surface area contributed by atoms with Gasteiger partial charge in [0.25, 0.3) is 0 Å². The Hall–Kier alpha value is -1.92. The number of piperazine rings is 1. The molecule has 0 aliphatic carbocycles. The number of amides is 1. The van der Waals surface area contributed by atoms with Gasteiger partial charge in [-0.25, -0.2) is 8.42 Å². The monoisotopic (exact) mass is 388 g/mol. The van der Waals surface area contributed by atoms with Crippen LogP contribution in [0.4, 0.5) is 0 Å². The largest absolute Gasteiger partial charge is 0.334 e. The normalized spacial score (nSPS) is 18.6. The molecule has 1 aliphatic rings. The molecule has 0 N–H and O–H groups in total. The van der Waals surface area contributed by atoms with Gasteiger partial charge in [-0.1, -0.05) is 57.2 Å². The van der Waals surface area contributed by atoms with Crippen LogP contribution in [0.5, 0.6) is 0 Å². The van der Waals surface area contributed by atoms with E-state index in [9.17, 15) is 13.2 Å². The highest BCUT2D eigenvalue weighted by Gasteiger charge is 2.43. The van der Waals surface area contributed by atoms with Gasteiger partial charge in [0, 0.05) is 30.4 Å². The molecule has 0 radical (unpaired) electrons. The lowest BCUT2D eigenvalue weighted by Gasteiger charge is -2.48. The van der Waals surface area contributed by atoms with Gasteiger partial charge in [0.1, 0.15) is 0 Å². The summed E-state index contributed by atoms with van der Waals surface area (Å²) in [6.07, 6.45) is 0. The molecule has 0 bridgehead atoms. The molecule has 2 aromatic carbocycles. The molecule has 6 heteroatoms. The Morgan fingerprint density at radius 2 is 1.63 bits per heavy atom. The van der Waals surface area contributed by atoms with Crippen molar-refractivity contribution in [2.75, 3.05) is 19.6 Å². The average molecular weight is 389 g/mol. The van der Waals surface area contributed by atoms with Gasteiger partial charge < -0.3 is 4.90 Å². The summed E-state index contributed by atoms with van der Waals surface area (Å²) in [6.45, 7) is 10.5. The number of carbonyl (C=O) groups excluding carboxylic acids is 1. The zero-order valence-corrected chi connectivity index (χ0v) is 17.5. The Bertz CT molecular complexity index is 969. The quantitative estimate of drug-likeness (QED) is 0.791. The minimum atomic E-state index is -3.65. The van der Waals surface area contributed by atoms with Crippen LogP contribution in [0.15, 0.2) is 47.4 Å². The molecule has 0 unspecified atom stereocenters. The predicted molar refractivity (Wildman–Crippen MR) is 108 cm³/mol. The van der Waals surface area contributed by atoms with Crippen molar-refractivity contribution in [3.8, 4) is 0 Å². The summed E-state index contributed by atoms with van der Waals surface area (Å²) in [5.74, 6) is 0.0507. The van der Waals surface area contributed by atoms with Crippen LogP contribution in [-0.2, 0) is 14.8 Å². The van der Waals surface area contributed by atoms with Gasteiger partial charge >= 0.3 is 0 Å². The van der Waals surface area contributed by atoms with E-state index in [2.05, 4.69) is 0 Å². The molecule has 5 nitrogen and oxygen atoms in total. The first kappa shape index (κ1) is 19.8. The summed E-state index contributed by atoms with van der Waals surface area (Å²) in [6, 6.07) is 12.9. The average Bonchev–Trinajstić information content (AvgIpc) is 2.59. The lowest BCUT2D eigenvalue weighted by molar-refractivity contribution is -0.147. The van der Waals surface area contributed by atoms with E-state index in [-0.39, 0.29) is 12.5 Å². The number of hydrogen-bond acceptors (Lipinski definition) is 3. The van der Waals surface area contributed by atoms with E-state index in [0.717, 1.165) is 10.8 Å². The van der Waals surface area contributed by atoms with Crippen molar-refractivity contribution in [1.29, 1.82) is 0 Å². The van der Waals surface area contributed by atoms with Gasteiger partial charge in [-0.3, -0.25) is 4.79 Å². The summed E-state index contributed by atoms with van der Waals surface area (Å²) < 4.78 is 28.3. The number of rotatable bonds is 2. The smallest absolute Gasteiger partial charge is 0.243 e. The first-order valence-electron chi connectivity index (χ1n) is 9.24. The second-order valence-electron chi connectivity index (χ2n) is 8.84. The maximum atomic E-state index is 13.4. The van der Waals surface area contributed by atoms with Crippen LogP contribution in [0.3, 0.4) is 0 Å². The lowest BCUT2D eigenvalue weighted by Crippen LogP contribution is -2.63. The van der Waals surface area contributed by atoms with Crippen LogP contribution in [0.1, 0.15) is 34.6 Å². The number of sulfonamides is 1. The summed E-state index contributed by atoms with van der Waals surface area (Å²) in [4.78, 5) is 14.9. The number of benzene rings is 2. The third kappa shape index (κ3) is 3.60. The second-order valence-corrected chi connectivity index (χ2v) is 10.7. The van der Waals surface area contributed by atoms with Gasteiger partial charge in [0.2, 0.25) is 15.9 Å². The van der Waals surface area contributed by atoms with Gasteiger partial charge in [-0.15, -0.1) is 0 Å². The standard InChI is InChI=1S/C21H28N2O3S/c1-20(2,3)19(24)23-14-13-22(15-21(23,4)5)27(25,26)18-12-8-10-16-9-6-7-11-17(16)18/h6-12H,13-15H2,1-5H3. The van der Waals surface area contributed by atoms with E-state index >= 15 is 0 Å². The van der Waals surface area contributed by atoms with Crippen molar-refractivity contribution in [3.63, 3.8) is 0 Å². The first-order chi connectivity index (χ1) is 12.4. The Balaban J connectivity index is 1.95. The molecular weight excluding hydrogens is 360 g/mol. The van der Waals surface area contributed by atoms with Crippen LogP contribution in [0.25, 0.3) is 10.8 Å². The van der Waals surface area contributed by atoms with Gasteiger partial charge in [-0.2, -0.15) is 4.31 Å². The van der Waals surface area contributed by atoms with Gasteiger partial charge in [0.05, 0.1) is 10.4 Å². The van der Waals surface area contributed by atoms with Crippen molar-refractivity contribution in [2.45, 2.75) is 45.1 Å². The number of fused-ring (bicyclic) bond motifs is 1. The van der Waals surface area contributed by atoms with Crippen LogP contribution in [0, 0.1) is 5.41 Å². The molecule has 0 atom stereocenters. The summed E-state index contributed by atoms with van der Waals surface area (Å²) in [5, 5.41) is 1.63. The van der Waals surface area contributed by atoms with Crippen LogP contribution >= 0.6 is 0 Å². The highest BCUT2D eigenvalue weighted by molar-refractivity contribution is 7.89. The fourth-order valence-corrected chi connectivity index (χ4v) is 5.46. The molecule has 1 heterocycles. The van der Waals surface area contributed by atoms with Crippen molar-refractivity contribution in [2.24, 2.45) is 5.41 Å². The second kappa shape index (κ2) is 6.60. The van der Waals surface area contributed by atoms with E-state index in [1.807, 2.05) is 69.9 Å². The highest BCUT2D eigenvalue weighted by Crippen LogP contribution is 2.32. The highest BCUT2D eigenvalue weighted by atomic mass is 32.2. The first-order valence-corrected chi connectivity index (χ1v) is 10.7. The van der Waals surface area contributed by atoms with E-state index in [1.54, 1.807) is 12.1 Å². The minimum absolute atomic E-state index is 0.0507. The maximum absolute atomic E-state index is 13.4. The van der Waals surface area contributed by atoms with Crippen molar-refractivity contribution >= 4 is 26.7 Å². The minimum Gasteiger partial charge on any atom is -0.334 e. The van der Waals surface area contributed by atoms with Crippen molar-refractivity contribution < 1.29 is 13.2 Å². The van der Waals surface area contributed by atoms with Crippen LogP contribution in [0.2, 0.25) is 0 Å². The molecule has 1 amide bonds. The fraction of sp³-hybridized carbons (Fsp3) is 0.476. The van der Waals surface area contributed by atoms with Gasteiger partial charge in [0.15, 0.2) is 0 Å². The molecule has 1 aliphatic heterocycles. The van der Waals surface area contributed by atoms with E-state index < -0.39 is 21.0 Å². The zero-order chi connectivity index (χ0) is 20.0. The summed E-state index contributed by atoms with van der Waals surface area (Å²) in [5.41, 5.74) is -1.06. The third-order valence-corrected chi connectivity index (χ3v) is 7.02. The molecule has 0 saturated carbocycles. The van der Waals surface area contributed by atoms with E-state index in [4.69, 9.17) is 0 Å². The Kier molecular flexibility index (Phi) is 4.85. The van der Waals surface area contributed by atoms with Gasteiger partial charge in [-0.05, 0) is 25.3 Å². The maximum Gasteiger partial charge on any atom is 0.243 e.